The summed E-state index contributed by atoms with van der Waals surface area (Å²) in [5.74, 6) is 0.982. The van der Waals surface area contributed by atoms with E-state index in [1.807, 2.05) is 12.1 Å². The van der Waals surface area contributed by atoms with Gasteiger partial charge >= 0.3 is 0 Å². The molecule has 1 unspecified atom stereocenters. The molecule has 1 heterocycles. The fraction of sp³-hybridized carbons (Fsp3) is 0.571. The van der Waals surface area contributed by atoms with Crippen LogP contribution >= 0.6 is 22.6 Å². The van der Waals surface area contributed by atoms with E-state index >= 15 is 0 Å². The second-order valence-electron chi connectivity index (χ2n) is 4.82. The van der Waals surface area contributed by atoms with Gasteiger partial charge in [0, 0.05) is 35.8 Å². The largest absolute Gasteiger partial charge is 0.494 e. The lowest BCUT2D eigenvalue weighted by Gasteiger charge is -2.31. The zero-order valence-corrected chi connectivity index (χ0v) is 13.0. The van der Waals surface area contributed by atoms with Crippen LogP contribution in [0.25, 0.3) is 0 Å². The van der Waals surface area contributed by atoms with Crippen LogP contribution < -0.4 is 10.1 Å². The van der Waals surface area contributed by atoms with Crippen LogP contribution in [-0.4, -0.2) is 43.7 Å². The topological polar surface area (TPSA) is 24.5 Å². The van der Waals surface area contributed by atoms with E-state index in [9.17, 15) is 0 Å². The second kappa shape index (κ2) is 7.31. The predicted octanol–water partition coefficient (Wildman–Crippen LogP) is 2.35. The number of hydrogen-bond acceptors (Lipinski definition) is 3. The Labute approximate surface area is 123 Å². The zero-order chi connectivity index (χ0) is 12.8. The molecule has 1 fully saturated rings. The van der Waals surface area contributed by atoms with Crippen molar-refractivity contribution in [2.24, 2.45) is 0 Å². The van der Waals surface area contributed by atoms with Gasteiger partial charge in [0.1, 0.15) is 5.75 Å². The molecule has 1 aromatic rings. The van der Waals surface area contributed by atoms with Gasteiger partial charge in [-0.3, -0.25) is 0 Å². The van der Waals surface area contributed by atoms with Crippen molar-refractivity contribution >= 4 is 22.6 Å². The Kier molecular flexibility index (Phi) is 5.72. The van der Waals surface area contributed by atoms with Crippen LogP contribution in [-0.2, 0) is 0 Å². The lowest BCUT2D eigenvalue weighted by atomic mass is 10.2. The van der Waals surface area contributed by atoms with Gasteiger partial charge in [-0.15, -0.1) is 0 Å². The van der Waals surface area contributed by atoms with E-state index in [4.69, 9.17) is 4.74 Å². The molecule has 3 nitrogen and oxygen atoms in total. The SMILES string of the molecule is CC1CN(CCCOc2cccc(I)c2)CCN1. The Balaban J connectivity index is 1.64. The normalized spacial score (nSPS) is 20.9. The Morgan fingerprint density at radius 1 is 1.50 bits per heavy atom. The van der Waals surface area contributed by atoms with Crippen molar-refractivity contribution < 1.29 is 4.74 Å². The highest BCUT2D eigenvalue weighted by Gasteiger charge is 2.14. The maximum Gasteiger partial charge on any atom is 0.120 e. The molecule has 1 aromatic carbocycles. The van der Waals surface area contributed by atoms with Crippen LogP contribution in [0.1, 0.15) is 13.3 Å². The average molecular weight is 360 g/mol. The molecular weight excluding hydrogens is 339 g/mol. The van der Waals surface area contributed by atoms with E-state index in [-0.39, 0.29) is 0 Å². The third-order valence-electron chi connectivity index (χ3n) is 3.14. The lowest BCUT2D eigenvalue weighted by molar-refractivity contribution is 0.189. The molecule has 0 spiro atoms. The summed E-state index contributed by atoms with van der Waals surface area (Å²) in [6.45, 7) is 7.61. The number of benzene rings is 1. The summed E-state index contributed by atoms with van der Waals surface area (Å²) in [6.07, 6.45) is 1.10. The van der Waals surface area contributed by atoms with Crippen LogP contribution in [0.4, 0.5) is 0 Å². The van der Waals surface area contributed by atoms with Crippen molar-refractivity contribution in [1.82, 2.24) is 10.2 Å². The summed E-state index contributed by atoms with van der Waals surface area (Å²) >= 11 is 2.31. The minimum absolute atomic E-state index is 0.621. The van der Waals surface area contributed by atoms with Gasteiger partial charge in [0.25, 0.3) is 0 Å². The number of nitrogens with one attached hydrogen (secondary N) is 1. The van der Waals surface area contributed by atoms with Gasteiger partial charge in [-0.2, -0.15) is 0 Å². The van der Waals surface area contributed by atoms with Crippen LogP contribution in [0.2, 0.25) is 0 Å². The lowest BCUT2D eigenvalue weighted by Crippen LogP contribution is -2.49. The zero-order valence-electron chi connectivity index (χ0n) is 10.9. The summed E-state index contributed by atoms with van der Waals surface area (Å²) < 4.78 is 6.98. The minimum Gasteiger partial charge on any atom is -0.494 e. The molecule has 1 saturated heterocycles. The van der Waals surface area contributed by atoms with Crippen LogP contribution in [0.3, 0.4) is 0 Å². The molecule has 18 heavy (non-hydrogen) atoms. The molecule has 1 atom stereocenters. The first-order chi connectivity index (χ1) is 8.74. The first-order valence-corrected chi connectivity index (χ1v) is 7.66. The van der Waals surface area contributed by atoms with Gasteiger partial charge in [0.2, 0.25) is 0 Å². The fourth-order valence-electron chi connectivity index (χ4n) is 2.25. The maximum atomic E-state index is 5.76. The highest BCUT2D eigenvalue weighted by Crippen LogP contribution is 2.14. The van der Waals surface area contributed by atoms with E-state index in [0.29, 0.717) is 6.04 Å². The molecule has 100 valence electrons. The monoisotopic (exact) mass is 360 g/mol. The number of ether oxygens (including phenoxy) is 1. The highest BCUT2D eigenvalue weighted by molar-refractivity contribution is 14.1. The smallest absolute Gasteiger partial charge is 0.120 e. The van der Waals surface area contributed by atoms with Crippen LogP contribution in [0.5, 0.6) is 5.75 Å². The van der Waals surface area contributed by atoms with E-state index in [1.165, 1.54) is 3.57 Å². The fourth-order valence-corrected chi connectivity index (χ4v) is 2.76. The number of halogens is 1. The van der Waals surface area contributed by atoms with E-state index in [2.05, 4.69) is 51.9 Å². The highest BCUT2D eigenvalue weighted by atomic mass is 127. The van der Waals surface area contributed by atoms with E-state index in [0.717, 1.165) is 45.0 Å². The molecule has 0 aromatic heterocycles. The molecule has 2 rings (SSSR count). The third kappa shape index (κ3) is 4.74. The molecule has 1 N–H and O–H groups in total. The van der Waals surface area contributed by atoms with Crippen molar-refractivity contribution in [3.63, 3.8) is 0 Å². The summed E-state index contributed by atoms with van der Waals surface area (Å²) in [7, 11) is 0. The van der Waals surface area contributed by atoms with Gasteiger partial charge in [-0.05, 0) is 54.1 Å². The molecule has 0 amide bonds. The number of piperazine rings is 1. The first-order valence-electron chi connectivity index (χ1n) is 6.58. The van der Waals surface area contributed by atoms with Crippen molar-refractivity contribution in [2.45, 2.75) is 19.4 Å². The Morgan fingerprint density at radius 3 is 3.17 bits per heavy atom. The summed E-state index contributed by atoms with van der Waals surface area (Å²) in [5, 5.41) is 3.46. The molecule has 0 bridgehead atoms. The van der Waals surface area contributed by atoms with Crippen LogP contribution in [0, 0.1) is 3.57 Å². The molecular formula is C14H21IN2O. The first kappa shape index (κ1) is 14.1. The summed E-state index contributed by atoms with van der Waals surface area (Å²) in [6, 6.07) is 8.84. The Bertz CT molecular complexity index is 373. The molecule has 0 radical (unpaired) electrons. The summed E-state index contributed by atoms with van der Waals surface area (Å²) in [4.78, 5) is 2.51. The summed E-state index contributed by atoms with van der Waals surface area (Å²) in [5.41, 5.74) is 0. The Morgan fingerprint density at radius 2 is 2.39 bits per heavy atom. The number of rotatable bonds is 5. The van der Waals surface area contributed by atoms with Crippen molar-refractivity contribution in [1.29, 1.82) is 0 Å². The van der Waals surface area contributed by atoms with Gasteiger partial charge < -0.3 is 15.0 Å². The van der Waals surface area contributed by atoms with Gasteiger partial charge in [-0.25, -0.2) is 0 Å². The second-order valence-corrected chi connectivity index (χ2v) is 6.06. The molecule has 0 aliphatic carbocycles. The number of hydrogen-bond donors (Lipinski definition) is 1. The van der Waals surface area contributed by atoms with E-state index in [1.54, 1.807) is 0 Å². The van der Waals surface area contributed by atoms with Crippen molar-refractivity contribution in [2.75, 3.05) is 32.8 Å². The van der Waals surface area contributed by atoms with Crippen molar-refractivity contribution in [3.05, 3.63) is 27.8 Å². The Hall–Kier alpha value is -0.330. The van der Waals surface area contributed by atoms with Crippen molar-refractivity contribution in [3.8, 4) is 5.75 Å². The molecule has 1 aliphatic heterocycles. The van der Waals surface area contributed by atoms with Gasteiger partial charge in [0.05, 0.1) is 6.61 Å². The minimum atomic E-state index is 0.621. The maximum absolute atomic E-state index is 5.76. The quantitative estimate of drug-likeness (QED) is 0.645. The third-order valence-corrected chi connectivity index (χ3v) is 3.81. The van der Waals surface area contributed by atoms with Gasteiger partial charge in [-0.1, -0.05) is 6.07 Å². The van der Waals surface area contributed by atoms with Gasteiger partial charge in [0.15, 0.2) is 0 Å². The average Bonchev–Trinajstić information content (AvgIpc) is 2.35. The van der Waals surface area contributed by atoms with E-state index < -0.39 is 0 Å². The molecule has 4 heteroatoms. The predicted molar refractivity (Wildman–Crippen MR) is 83.2 cm³/mol. The standard InChI is InChI=1S/C14H21IN2O/c1-12-11-17(8-6-16-12)7-3-9-18-14-5-2-4-13(15)10-14/h2,4-5,10,12,16H,3,6-9,11H2,1H3. The molecule has 1 aliphatic rings. The van der Waals surface area contributed by atoms with Crippen LogP contribution in [0.15, 0.2) is 24.3 Å². The molecule has 0 saturated carbocycles. The number of nitrogens with zero attached hydrogens (tertiary/aromatic N) is 1.